The number of hydrogen-bond acceptors (Lipinski definition) is 20. The number of esters is 2. The van der Waals surface area contributed by atoms with Crippen LogP contribution in [-0.2, 0) is 52.2 Å². The van der Waals surface area contributed by atoms with Crippen LogP contribution in [0.25, 0.3) is 10.9 Å². The Hall–Kier alpha value is -3.59. The molecule has 4 aliphatic rings. The van der Waals surface area contributed by atoms with E-state index in [2.05, 4.69) is 5.32 Å². The number of carbonyl (C=O) groups is 3. The second-order valence-corrected chi connectivity index (χ2v) is 24.6. The van der Waals surface area contributed by atoms with Crippen molar-refractivity contribution >= 4 is 46.1 Å². The fraction of sp³-hybridized carbons (Fsp3) is 0.793. The van der Waals surface area contributed by atoms with Crippen molar-refractivity contribution in [1.29, 1.82) is 0 Å². The number of aromatic carboxylic acids is 1. The Morgan fingerprint density at radius 1 is 0.926 bits per heavy atom. The zero-order chi connectivity index (χ0) is 60.1. The molecule has 4 heterocycles. The van der Waals surface area contributed by atoms with E-state index in [0.717, 1.165) is 12.8 Å². The number of likely N-dealkylation sites (N-methyl/N-ethyl adjacent to an activating group) is 2. The van der Waals surface area contributed by atoms with E-state index in [0.29, 0.717) is 35.7 Å². The molecule has 1 aromatic carbocycles. The van der Waals surface area contributed by atoms with Gasteiger partial charge in [0.1, 0.15) is 35.1 Å². The maximum absolute atomic E-state index is 14.6. The molecule has 6 rings (SSSR count). The fourth-order valence-electron chi connectivity index (χ4n) is 12.2. The van der Waals surface area contributed by atoms with E-state index in [1.165, 1.54) is 20.2 Å². The molecule has 81 heavy (non-hydrogen) atoms. The lowest BCUT2D eigenvalue weighted by atomic mass is 9.77. The Bertz CT molecular complexity index is 2490. The van der Waals surface area contributed by atoms with E-state index in [-0.39, 0.29) is 87.2 Å². The van der Waals surface area contributed by atoms with E-state index >= 15 is 0 Å². The quantitative estimate of drug-likeness (QED) is 0.0753. The summed E-state index contributed by atoms with van der Waals surface area (Å²) in [5, 5.41) is 61.6. The maximum atomic E-state index is 14.6. The molecule has 460 valence electrons. The van der Waals surface area contributed by atoms with Crippen LogP contribution >= 0.6 is 11.6 Å². The molecule has 3 saturated heterocycles. The van der Waals surface area contributed by atoms with Crippen LogP contribution in [0.1, 0.15) is 131 Å². The number of methoxy groups -OCH3 is 1. The molecule has 18 atom stereocenters. The highest BCUT2D eigenvalue weighted by Crippen LogP contribution is 2.42. The van der Waals surface area contributed by atoms with E-state index in [1.54, 1.807) is 60.6 Å². The standard InChI is InChI=1S/C58H93ClN4O18/c1-15-44-58(10,72)50(67)35(6)62(13)29-31(2)27-56(8,71)51(81-55-48(66)43(61(11)12)24-32(3)76-55)33(4)49(34(5)54(70)78-44)80-46-28-57(9,73-14)52(36(7)77-46)79-45(64)18-20-74-22-23-75-21-19-60-41-25-38-42(26-40(41)59)63(37-16-17-37)30-39(47(38)65)53(68)69/h25-26,30-37,43-44,46,48-52,55,60,66-67,71-72H,15-24,27-29H2,1-14H3,(H,68,69)/t31-,32+,33-,34?,35-,36+,43+,44-,46+,48+,49?,50-,51-,52+,55+,56-,57+,58-/m1/s1. The molecule has 22 nitrogen and oxygen atoms in total. The summed E-state index contributed by atoms with van der Waals surface area (Å²) in [5.41, 5.74) is -4.52. The van der Waals surface area contributed by atoms with Gasteiger partial charge in [-0.1, -0.05) is 32.4 Å². The predicted octanol–water partition coefficient (Wildman–Crippen LogP) is 4.99. The Balaban J connectivity index is 1.10. The van der Waals surface area contributed by atoms with Crippen LogP contribution in [0.15, 0.2) is 23.1 Å². The summed E-state index contributed by atoms with van der Waals surface area (Å²) in [4.78, 5) is 56.7. The lowest BCUT2D eigenvalue weighted by molar-refractivity contribution is -0.318. The molecule has 2 aromatic rings. The molecule has 1 aliphatic carbocycles. The van der Waals surface area contributed by atoms with E-state index in [4.69, 9.17) is 54.2 Å². The second kappa shape index (κ2) is 28.1. The van der Waals surface area contributed by atoms with Crippen LogP contribution in [0, 0.1) is 17.8 Å². The monoisotopic (exact) mass is 1170 g/mol. The first-order chi connectivity index (χ1) is 38.0. The highest BCUT2D eigenvalue weighted by atomic mass is 35.5. The first-order valence-corrected chi connectivity index (χ1v) is 29.1. The third kappa shape index (κ3) is 16.0. The smallest absolute Gasteiger partial charge is 0.341 e. The summed E-state index contributed by atoms with van der Waals surface area (Å²) in [5.74, 6) is -4.76. The summed E-state index contributed by atoms with van der Waals surface area (Å²) in [6.07, 6.45) is -6.17. The SMILES string of the molecule is CC[C@H]1OC(=O)C(C)C(O[C@H]2C[C@](C)(OC)[C@@H](OC(=O)CCOCCOCCNc3cc4c(=O)c(C(=O)O)cn(C5CC5)c4cc3Cl)[C@H](C)O2)[C@@H](C)[C@@H](O[C@@H]2O[C@@H](C)C[C@H](N(C)C)[C@@H]2O)[C@](C)(O)C[C@@H](C)CN(C)[C@H](C)[C@@H](O)[C@]1(C)O. The van der Waals surface area contributed by atoms with Crippen LogP contribution in [0.4, 0.5) is 5.69 Å². The van der Waals surface area contributed by atoms with Gasteiger partial charge in [0.25, 0.3) is 0 Å². The minimum absolute atomic E-state index is 0.0203. The minimum atomic E-state index is -1.87. The molecule has 0 spiro atoms. The molecule has 0 radical (unpaired) electrons. The third-order valence-electron chi connectivity index (χ3n) is 17.1. The molecular weight excluding hydrogens is 1080 g/mol. The fourth-order valence-corrected chi connectivity index (χ4v) is 12.4. The number of nitrogens with zero attached hydrogens (tertiary/aromatic N) is 3. The number of carboxylic acid groups (broad SMARTS) is 1. The maximum Gasteiger partial charge on any atom is 0.341 e. The van der Waals surface area contributed by atoms with E-state index in [9.17, 15) is 44.7 Å². The Kier molecular flexibility index (Phi) is 23.1. The topological polar surface area (TPSA) is 276 Å². The lowest BCUT2D eigenvalue weighted by Gasteiger charge is -2.49. The summed E-state index contributed by atoms with van der Waals surface area (Å²) in [6.45, 7) is 18.8. The van der Waals surface area contributed by atoms with Crippen LogP contribution in [0.2, 0.25) is 5.02 Å². The summed E-state index contributed by atoms with van der Waals surface area (Å²) >= 11 is 6.59. The van der Waals surface area contributed by atoms with Gasteiger partial charge in [0, 0.05) is 62.2 Å². The molecular formula is C58H93ClN4O18. The van der Waals surface area contributed by atoms with Crippen LogP contribution in [-0.4, -0.2) is 216 Å². The molecule has 6 N–H and O–H groups in total. The van der Waals surface area contributed by atoms with Crippen molar-refractivity contribution in [2.24, 2.45) is 17.8 Å². The molecule has 1 saturated carbocycles. The first-order valence-electron chi connectivity index (χ1n) is 28.7. The van der Waals surface area contributed by atoms with Crippen molar-refractivity contribution < 1.29 is 82.5 Å². The first kappa shape index (κ1) is 66.5. The number of benzene rings is 1. The van der Waals surface area contributed by atoms with Gasteiger partial charge in [0.2, 0.25) is 5.43 Å². The normalized spacial score (nSPS) is 36.9. The molecule has 23 heteroatoms. The number of aliphatic hydroxyl groups excluding tert-OH is 2. The highest BCUT2D eigenvalue weighted by molar-refractivity contribution is 6.34. The largest absolute Gasteiger partial charge is 0.477 e. The van der Waals surface area contributed by atoms with E-state index in [1.807, 2.05) is 49.4 Å². The number of nitrogens with one attached hydrogen (secondary N) is 1. The van der Waals surface area contributed by atoms with Crippen molar-refractivity contribution in [3.63, 3.8) is 0 Å². The van der Waals surface area contributed by atoms with Gasteiger partial charge in [0.05, 0.1) is 85.0 Å². The number of aliphatic hydroxyl groups is 4. The Morgan fingerprint density at radius 3 is 2.21 bits per heavy atom. The van der Waals surface area contributed by atoms with E-state index < -0.39 is 113 Å². The van der Waals surface area contributed by atoms with Crippen molar-refractivity contribution in [2.45, 2.75) is 211 Å². The second-order valence-electron chi connectivity index (χ2n) is 24.2. The summed E-state index contributed by atoms with van der Waals surface area (Å²) < 4.78 is 58.0. The zero-order valence-corrected chi connectivity index (χ0v) is 50.7. The van der Waals surface area contributed by atoms with Gasteiger partial charge in [-0.05, 0) is 120 Å². The number of anilines is 1. The molecule has 1 aromatic heterocycles. The number of halogens is 1. The Labute approximate surface area is 481 Å². The van der Waals surface area contributed by atoms with Crippen molar-refractivity contribution in [3.8, 4) is 0 Å². The number of ether oxygens (including phenoxy) is 9. The van der Waals surface area contributed by atoms with Gasteiger partial charge >= 0.3 is 17.9 Å². The number of rotatable bonds is 20. The predicted molar refractivity (Wildman–Crippen MR) is 301 cm³/mol. The molecule has 0 bridgehead atoms. The zero-order valence-electron chi connectivity index (χ0n) is 49.9. The molecule has 4 fully saturated rings. The van der Waals surface area contributed by atoms with Crippen molar-refractivity contribution in [3.05, 3.63) is 39.1 Å². The number of aromatic nitrogens is 1. The van der Waals surface area contributed by atoms with Crippen LogP contribution in [0.5, 0.6) is 0 Å². The van der Waals surface area contributed by atoms with Gasteiger partial charge in [-0.3, -0.25) is 14.4 Å². The number of carboxylic acids is 1. The van der Waals surface area contributed by atoms with Crippen molar-refractivity contribution in [2.75, 3.05) is 73.1 Å². The highest BCUT2D eigenvalue weighted by Gasteiger charge is 2.54. The van der Waals surface area contributed by atoms with Gasteiger partial charge in [-0.2, -0.15) is 0 Å². The Morgan fingerprint density at radius 2 is 1.59 bits per heavy atom. The number of hydrogen-bond donors (Lipinski definition) is 6. The summed E-state index contributed by atoms with van der Waals surface area (Å²) in [6, 6.07) is 2.45. The lowest BCUT2D eigenvalue weighted by Crippen LogP contribution is -2.61. The molecule has 3 aliphatic heterocycles. The van der Waals surface area contributed by atoms with Gasteiger partial charge < -0.3 is 87.8 Å². The molecule has 0 amide bonds. The summed E-state index contributed by atoms with van der Waals surface area (Å²) in [7, 11) is 7.05. The van der Waals surface area contributed by atoms with Gasteiger partial charge in [-0.15, -0.1) is 0 Å². The van der Waals surface area contributed by atoms with Crippen LogP contribution in [0.3, 0.4) is 0 Å². The average Bonchev–Trinajstić information content (AvgIpc) is 4.44. The van der Waals surface area contributed by atoms with Crippen LogP contribution < -0.4 is 10.7 Å². The minimum Gasteiger partial charge on any atom is -0.477 e. The third-order valence-corrected chi connectivity index (χ3v) is 17.4. The number of fused-ring (bicyclic) bond motifs is 1. The van der Waals surface area contributed by atoms with Crippen molar-refractivity contribution in [1.82, 2.24) is 14.4 Å². The van der Waals surface area contributed by atoms with Gasteiger partial charge in [0.15, 0.2) is 18.7 Å². The number of cyclic esters (lactones) is 1. The number of pyridine rings is 1. The average molecular weight is 1170 g/mol. The molecule has 2 unspecified atom stereocenters. The number of carbonyl (C=O) groups excluding carboxylic acids is 2. The van der Waals surface area contributed by atoms with Gasteiger partial charge in [-0.25, -0.2) is 4.79 Å².